The average Bonchev–Trinajstić information content (AvgIpc) is 2.70. The fourth-order valence-corrected chi connectivity index (χ4v) is 2.66. The quantitative estimate of drug-likeness (QED) is 0.727. The highest BCUT2D eigenvalue weighted by molar-refractivity contribution is 5.76. The third kappa shape index (κ3) is 1.86. The Morgan fingerprint density at radius 2 is 1.70 bits per heavy atom. The van der Waals surface area contributed by atoms with Gasteiger partial charge >= 0.3 is 0 Å². The number of nitrogens with zero attached hydrogens (tertiary/aromatic N) is 2. The lowest BCUT2D eigenvalue weighted by atomic mass is 10.0. The third-order valence-electron chi connectivity index (χ3n) is 3.87. The lowest BCUT2D eigenvalue weighted by molar-refractivity contribution is 1.09. The summed E-state index contributed by atoms with van der Waals surface area (Å²) in [7, 11) is 0. The number of aromatic nitrogens is 2. The van der Waals surface area contributed by atoms with Crippen LogP contribution < -0.4 is 5.73 Å². The molecule has 0 spiro atoms. The maximum absolute atomic E-state index is 6.31. The van der Waals surface area contributed by atoms with Crippen molar-refractivity contribution in [2.24, 2.45) is 0 Å². The predicted octanol–water partition coefficient (Wildman–Crippen LogP) is 3.82. The molecule has 3 rings (SSSR count). The van der Waals surface area contributed by atoms with Crippen LogP contribution in [-0.2, 0) is 0 Å². The summed E-state index contributed by atoms with van der Waals surface area (Å²) in [6.07, 6.45) is 0. The van der Waals surface area contributed by atoms with E-state index in [9.17, 15) is 0 Å². The van der Waals surface area contributed by atoms with E-state index < -0.39 is 0 Å². The van der Waals surface area contributed by atoms with Gasteiger partial charge in [0.15, 0.2) is 0 Å². The van der Waals surface area contributed by atoms with Gasteiger partial charge in [-0.1, -0.05) is 12.1 Å². The van der Waals surface area contributed by atoms with Gasteiger partial charge in [-0.15, -0.1) is 0 Å². The van der Waals surface area contributed by atoms with Crippen LogP contribution in [-0.4, -0.2) is 9.38 Å². The minimum absolute atomic E-state index is 0.709. The molecule has 2 heterocycles. The summed E-state index contributed by atoms with van der Waals surface area (Å²) in [6.45, 7) is 8.36. The van der Waals surface area contributed by atoms with Crippen LogP contribution in [0, 0.1) is 27.7 Å². The van der Waals surface area contributed by atoms with Gasteiger partial charge in [-0.05, 0) is 62.6 Å². The fraction of sp³-hybridized carbons (Fsp3) is 0.235. The van der Waals surface area contributed by atoms with E-state index >= 15 is 0 Å². The van der Waals surface area contributed by atoms with Gasteiger partial charge in [0.1, 0.15) is 17.2 Å². The molecule has 2 N–H and O–H groups in total. The van der Waals surface area contributed by atoms with Gasteiger partial charge in [0, 0.05) is 11.3 Å². The Morgan fingerprint density at radius 1 is 0.950 bits per heavy atom. The molecule has 0 radical (unpaired) electrons. The fourth-order valence-electron chi connectivity index (χ4n) is 2.66. The molecule has 0 atom stereocenters. The molecule has 0 aliphatic heterocycles. The van der Waals surface area contributed by atoms with Crippen LogP contribution in [0.1, 0.15) is 22.4 Å². The Morgan fingerprint density at radius 3 is 2.40 bits per heavy atom. The molecule has 1 aromatic carbocycles. The molecule has 3 heteroatoms. The van der Waals surface area contributed by atoms with Crippen molar-refractivity contribution in [2.45, 2.75) is 27.7 Å². The summed E-state index contributed by atoms with van der Waals surface area (Å²) < 4.78 is 2.01. The molecule has 0 amide bonds. The molecule has 0 saturated carbocycles. The molecular weight excluding hydrogens is 246 g/mol. The number of pyridine rings is 1. The summed E-state index contributed by atoms with van der Waals surface area (Å²) in [5.41, 5.74) is 14.0. The smallest absolute Gasteiger partial charge is 0.139 e. The monoisotopic (exact) mass is 265 g/mol. The number of anilines is 1. The van der Waals surface area contributed by atoms with Gasteiger partial charge in [-0.2, -0.15) is 0 Å². The zero-order chi connectivity index (χ0) is 14.4. The Bertz CT molecular complexity index is 813. The van der Waals surface area contributed by atoms with Crippen LogP contribution in [0.15, 0.2) is 30.3 Å². The first-order chi connectivity index (χ1) is 9.47. The lowest BCUT2D eigenvalue weighted by Crippen LogP contribution is -1.98. The topological polar surface area (TPSA) is 43.3 Å². The normalized spacial score (nSPS) is 11.2. The second kappa shape index (κ2) is 4.37. The highest BCUT2D eigenvalue weighted by Gasteiger charge is 2.13. The number of aryl methyl sites for hydroxylation is 4. The van der Waals surface area contributed by atoms with Crippen molar-refractivity contribution in [3.63, 3.8) is 0 Å². The number of benzene rings is 1. The first kappa shape index (κ1) is 12.7. The number of hydrogen-bond acceptors (Lipinski definition) is 2. The summed E-state index contributed by atoms with van der Waals surface area (Å²) >= 11 is 0. The van der Waals surface area contributed by atoms with Crippen LogP contribution in [0.25, 0.3) is 16.9 Å². The van der Waals surface area contributed by atoms with Crippen molar-refractivity contribution in [1.29, 1.82) is 0 Å². The van der Waals surface area contributed by atoms with E-state index in [1.807, 2.05) is 4.40 Å². The number of nitrogens with two attached hydrogens (primary N) is 1. The summed E-state index contributed by atoms with van der Waals surface area (Å²) in [5, 5.41) is 0. The van der Waals surface area contributed by atoms with Gasteiger partial charge in [0.25, 0.3) is 0 Å². The van der Waals surface area contributed by atoms with Gasteiger partial charge in [0.2, 0.25) is 0 Å². The molecule has 102 valence electrons. The van der Waals surface area contributed by atoms with E-state index in [0.29, 0.717) is 5.82 Å². The highest BCUT2D eigenvalue weighted by Crippen LogP contribution is 2.29. The Hall–Kier alpha value is -2.29. The zero-order valence-corrected chi connectivity index (χ0v) is 12.4. The largest absolute Gasteiger partial charge is 0.383 e. The minimum Gasteiger partial charge on any atom is -0.383 e. The maximum atomic E-state index is 6.31. The van der Waals surface area contributed by atoms with Crippen molar-refractivity contribution in [3.8, 4) is 11.3 Å². The van der Waals surface area contributed by atoms with E-state index in [4.69, 9.17) is 10.7 Å². The second-order valence-corrected chi connectivity index (χ2v) is 5.51. The SMILES string of the molecule is Cc1cc(C)n2c(N)c(-c3ccc(C)c(C)c3)nc2c1. The van der Waals surface area contributed by atoms with Crippen molar-refractivity contribution in [1.82, 2.24) is 9.38 Å². The molecule has 0 aliphatic carbocycles. The number of hydrogen-bond donors (Lipinski definition) is 1. The van der Waals surface area contributed by atoms with Crippen molar-refractivity contribution in [3.05, 3.63) is 52.7 Å². The van der Waals surface area contributed by atoms with Crippen molar-refractivity contribution in [2.75, 3.05) is 5.73 Å². The standard InChI is InChI=1S/C17H19N3/c1-10-7-13(4)20-15(8-10)19-16(17(20)18)14-6-5-11(2)12(3)9-14/h5-9H,18H2,1-4H3. The molecule has 2 aromatic heterocycles. The Labute approximate surface area is 119 Å². The first-order valence-corrected chi connectivity index (χ1v) is 6.80. The lowest BCUT2D eigenvalue weighted by Gasteiger charge is -2.05. The first-order valence-electron chi connectivity index (χ1n) is 6.80. The summed E-state index contributed by atoms with van der Waals surface area (Å²) in [5.74, 6) is 0.709. The number of fused-ring (bicyclic) bond motifs is 1. The van der Waals surface area contributed by atoms with Crippen LogP contribution in [0.5, 0.6) is 0 Å². The molecule has 0 bridgehead atoms. The average molecular weight is 265 g/mol. The predicted molar refractivity (Wildman–Crippen MR) is 84.0 cm³/mol. The molecule has 0 unspecified atom stereocenters. The van der Waals surface area contributed by atoms with E-state index in [0.717, 1.165) is 22.6 Å². The van der Waals surface area contributed by atoms with Gasteiger partial charge < -0.3 is 5.73 Å². The van der Waals surface area contributed by atoms with Gasteiger partial charge in [-0.3, -0.25) is 4.40 Å². The minimum atomic E-state index is 0.709. The number of nitrogen functional groups attached to an aromatic ring is 1. The van der Waals surface area contributed by atoms with Crippen LogP contribution in [0.3, 0.4) is 0 Å². The van der Waals surface area contributed by atoms with E-state index in [1.165, 1.54) is 16.7 Å². The maximum Gasteiger partial charge on any atom is 0.139 e. The Kier molecular flexibility index (Phi) is 2.78. The van der Waals surface area contributed by atoms with Crippen LogP contribution in [0.2, 0.25) is 0 Å². The second-order valence-electron chi connectivity index (χ2n) is 5.51. The van der Waals surface area contributed by atoms with Gasteiger partial charge in [0.05, 0.1) is 0 Å². The van der Waals surface area contributed by atoms with Gasteiger partial charge in [-0.25, -0.2) is 4.98 Å². The summed E-state index contributed by atoms with van der Waals surface area (Å²) in [6, 6.07) is 10.5. The molecule has 0 fully saturated rings. The molecule has 0 saturated heterocycles. The van der Waals surface area contributed by atoms with Crippen molar-refractivity contribution >= 4 is 11.5 Å². The zero-order valence-electron chi connectivity index (χ0n) is 12.4. The third-order valence-corrected chi connectivity index (χ3v) is 3.87. The number of imidazole rings is 1. The van der Waals surface area contributed by atoms with E-state index in [2.05, 4.69) is 58.0 Å². The van der Waals surface area contributed by atoms with Crippen LogP contribution in [0.4, 0.5) is 5.82 Å². The number of rotatable bonds is 1. The Balaban J connectivity index is 2.29. The molecular formula is C17H19N3. The molecule has 0 aliphatic rings. The van der Waals surface area contributed by atoms with Crippen LogP contribution >= 0.6 is 0 Å². The van der Waals surface area contributed by atoms with Crippen molar-refractivity contribution < 1.29 is 0 Å². The van der Waals surface area contributed by atoms with E-state index in [-0.39, 0.29) is 0 Å². The van der Waals surface area contributed by atoms with E-state index in [1.54, 1.807) is 0 Å². The molecule has 3 aromatic rings. The molecule has 20 heavy (non-hydrogen) atoms. The highest BCUT2D eigenvalue weighted by atomic mass is 15.1. The summed E-state index contributed by atoms with van der Waals surface area (Å²) in [4.78, 5) is 4.71. The molecule has 3 nitrogen and oxygen atoms in total.